The van der Waals surface area contributed by atoms with Crippen molar-refractivity contribution in [1.29, 1.82) is 0 Å². The molecule has 0 saturated carbocycles. The van der Waals surface area contributed by atoms with E-state index in [2.05, 4.69) is 175 Å². The van der Waals surface area contributed by atoms with E-state index in [-0.39, 0.29) is 0 Å². The number of hydrogen-bond donors (Lipinski definition) is 0. The SMILES string of the molecule is C1=CC2SC3=C(C2C=C1)C(C1C=C(N(c2cccc4c5c(sc24)C(c2ccccc2)=CCC5)C2C=CC(C4C=c5ccccc5=CC4)CC2)C=CC1)CC=C3. The number of thioether (sulfide) groups is 1. The van der Waals surface area contributed by atoms with Crippen LogP contribution in [0.3, 0.4) is 0 Å². The molecule has 6 aliphatic carbocycles. The van der Waals surface area contributed by atoms with E-state index >= 15 is 0 Å². The number of anilines is 1. The smallest absolute Gasteiger partial charge is 0.0597 e. The Hall–Kier alpha value is -4.57. The first-order valence-corrected chi connectivity index (χ1v) is 22.3. The van der Waals surface area contributed by atoms with E-state index in [1.165, 1.54) is 64.8 Å². The Bertz CT molecular complexity index is 2550. The van der Waals surface area contributed by atoms with Gasteiger partial charge in [-0.15, -0.1) is 23.1 Å². The molecule has 11 rings (SSSR count). The molecule has 0 saturated heterocycles. The molecule has 3 heteroatoms. The normalized spacial score (nSPS) is 28.8. The second kappa shape index (κ2) is 14.2. The van der Waals surface area contributed by atoms with Crippen LogP contribution < -0.4 is 15.3 Å². The fourth-order valence-corrected chi connectivity index (χ4v) is 13.5. The first-order chi connectivity index (χ1) is 27.3. The van der Waals surface area contributed by atoms with E-state index in [1.54, 1.807) is 5.57 Å². The maximum atomic E-state index is 2.76. The maximum Gasteiger partial charge on any atom is 0.0597 e. The van der Waals surface area contributed by atoms with Gasteiger partial charge in [0.05, 0.1) is 16.4 Å². The highest BCUT2D eigenvalue weighted by molar-refractivity contribution is 8.04. The largest absolute Gasteiger partial charge is 0.334 e. The first-order valence-electron chi connectivity index (χ1n) is 20.6. The lowest BCUT2D eigenvalue weighted by Crippen LogP contribution is -2.37. The summed E-state index contributed by atoms with van der Waals surface area (Å²) in [4.78, 5) is 5.76. The Morgan fingerprint density at radius 1 is 0.673 bits per heavy atom. The third-order valence-electron chi connectivity index (χ3n) is 13.3. The van der Waals surface area contributed by atoms with Gasteiger partial charge in [-0.1, -0.05) is 146 Å². The molecular weight excluding hydrogens is 703 g/mol. The zero-order valence-corrected chi connectivity index (χ0v) is 32.9. The molecule has 0 N–H and O–H groups in total. The summed E-state index contributed by atoms with van der Waals surface area (Å²) in [6.07, 6.45) is 42.6. The van der Waals surface area contributed by atoms with Crippen LogP contribution in [0.25, 0.3) is 27.8 Å². The lowest BCUT2D eigenvalue weighted by molar-refractivity contribution is 0.416. The summed E-state index contributed by atoms with van der Waals surface area (Å²) >= 11 is 4.11. The van der Waals surface area contributed by atoms with Gasteiger partial charge in [-0.3, -0.25) is 0 Å². The molecule has 3 aromatic carbocycles. The number of benzene rings is 3. The van der Waals surface area contributed by atoms with Crippen LogP contribution in [0.2, 0.25) is 0 Å². The Kier molecular flexibility index (Phi) is 8.70. The van der Waals surface area contributed by atoms with E-state index in [1.807, 2.05) is 11.3 Å². The number of aryl methyl sites for hydroxylation is 1. The van der Waals surface area contributed by atoms with Gasteiger partial charge in [-0.05, 0) is 119 Å². The van der Waals surface area contributed by atoms with E-state index in [9.17, 15) is 0 Å². The Morgan fingerprint density at radius 3 is 2.45 bits per heavy atom. The molecule has 0 bridgehead atoms. The number of nitrogens with zero attached hydrogens (tertiary/aromatic N) is 1. The van der Waals surface area contributed by atoms with Crippen molar-refractivity contribution in [2.75, 3.05) is 4.90 Å². The van der Waals surface area contributed by atoms with Gasteiger partial charge in [0, 0.05) is 26.6 Å². The van der Waals surface area contributed by atoms with Crippen molar-refractivity contribution in [3.8, 4) is 0 Å². The van der Waals surface area contributed by atoms with Crippen LogP contribution in [-0.4, -0.2) is 11.3 Å². The monoisotopic (exact) mass is 749 g/mol. The molecule has 1 nitrogen and oxygen atoms in total. The molecule has 2 heterocycles. The molecule has 7 aliphatic rings. The summed E-state index contributed by atoms with van der Waals surface area (Å²) in [6, 6.07) is 27.4. The molecule has 0 amide bonds. The highest BCUT2D eigenvalue weighted by Gasteiger charge is 2.40. The highest BCUT2D eigenvalue weighted by atomic mass is 32.2. The van der Waals surface area contributed by atoms with Crippen LogP contribution in [0.4, 0.5) is 5.69 Å². The van der Waals surface area contributed by atoms with Crippen LogP contribution >= 0.6 is 23.1 Å². The molecular formula is C52H47NS2. The lowest BCUT2D eigenvalue weighted by Gasteiger charge is -2.39. The predicted octanol–water partition coefficient (Wildman–Crippen LogP) is 11.8. The quantitative estimate of drug-likeness (QED) is 0.181. The van der Waals surface area contributed by atoms with Crippen molar-refractivity contribution in [2.24, 2.45) is 29.6 Å². The third-order valence-corrected chi connectivity index (χ3v) is 16.0. The number of hydrogen-bond acceptors (Lipinski definition) is 3. The second-order valence-electron chi connectivity index (χ2n) is 16.4. The lowest BCUT2D eigenvalue weighted by atomic mass is 9.72. The average Bonchev–Trinajstić information content (AvgIpc) is 3.84. The second-order valence-corrected chi connectivity index (χ2v) is 18.6. The Labute approximate surface area is 333 Å². The summed E-state index contributed by atoms with van der Waals surface area (Å²) in [5.74, 6) is 2.67. The zero-order chi connectivity index (χ0) is 36.3. The summed E-state index contributed by atoms with van der Waals surface area (Å²) in [5, 5.41) is 4.79. The molecule has 1 aromatic heterocycles. The van der Waals surface area contributed by atoms with Gasteiger partial charge >= 0.3 is 0 Å². The Balaban J connectivity index is 0.993. The first kappa shape index (κ1) is 33.7. The van der Waals surface area contributed by atoms with E-state index in [0.29, 0.717) is 40.9 Å². The standard InChI is InChI=1S/C52H47NS2/c1-2-13-36(14-3-1)43-20-9-21-44-45-22-10-23-47(52(45)55-51(43)44)53(40-30-28-35(29-31-40)38-27-26-34-12-4-5-15-37(34)32-38)41-17-8-16-39(33-41)42-19-11-25-49-50(42)46-18-6-7-24-48(46)54-49/h1-8,10-15,17-18,20,22-26,28,30,32-33,35,38-40,42,46,48H,9,16,19,21,27,29,31H2. The van der Waals surface area contributed by atoms with E-state index < -0.39 is 0 Å². The fourth-order valence-electron chi connectivity index (χ4n) is 10.7. The molecule has 0 radical (unpaired) electrons. The molecule has 272 valence electrons. The maximum absolute atomic E-state index is 2.76. The Morgan fingerprint density at radius 2 is 1.55 bits per heavy atom. The zero-order valence-electron chi connectivity index (χ0n) is 31.3. The van der Waals surface area contributed by atoms with Gasteiger partial charge < -0.3 is 4.90 Å². The van der Waals surface area contributed by atoms with Gasteiger partial charge in [-0.25, -0.2) is 0 Å². The summed E-state index contributed by atoms with van der Waals surface area (Å²) in [5.41, 5.74) is 8.73. The summed E-state index contributed by atoms with van der Waals surface area (Å²) in [7, 11) is 0. The van der Waals surface area contributed by atoms with Crippen molar-refractivity contribution in [3.05, 3.63) is 188 Å². The van der Waals surface area contributed by atoms with Crippen LogP contribution in [0.15, 0.2) is 162 Å². The van der Waals surface area contributed by atoms with Crippen molar-refractivity contribution in [3.63, 3.8) is 0 Å². The summed E-state index contributed by atoms with van der Waals surface area (Å²) < 4.78 is 1.44. The van der Waals surface area contributed by atoms with Gasteiger partial charge in [0.15, 0.2) is 0 Å². The minimum Gasteiger partial charge on any atom is -0.334 e. The summed E-state index contributed by atoms with van der Waals surface area (Å²) in [6.45, 7) is 0. The molecule has 0 spiro atoms. The minimum absolute atomic E-state index is 0.304. The van der Waals surface area contributed by atoms with E-state index in [4.69, 9.17) is 0 Å². The van der Waals surface area contributed by atoms with Crippen LogP contribution in [0.5, 0.6) is 0 Å². The molecule has 55 heavy (non-hydrogen) atoms. The van der Waals surface area contributed by atoms with Crippen molar-refractivity contribution in [1.82, 2.24) is 0 Å². The van der Waals surface area contributed by atoms with Gasteiger partial charge in [0.1, 0.15) is 0 Å². The van der Waals surface area contributed by atoms with Crippen molar-refractivity contribution in [2.45, 2.75) is 56.2 Å². The number of thiophene rings is 1. The van der Waals surface area contributed by atoms with Gasteiger partial charge in [0.25, 0.3) is 0 Å². The average molecular weight is 750 g/mol. The van der Waals surface area contributed by atoms with Crippen molar-refractivity contribution < 1.29 is 0 Å². The molecule has 1 aliphatic heterocycles. The number of fused-ring (bicyclic) bond motifs is 6. The van der Waals surface area contributed by atoms with Crippen molar-refractivity contribution >= 4 is 56.6 Å². The molecule has 4 aromatic rings. The fraction of sp³-hybridized carbons (Fsp3) is 0.269. The predicted molar refractivity (Wildman–Crippen MR) is 237 cm³/mol. The van der Waals surface area contributed by atoms with E-state index in [0.717, 1.165) is 38.5 Å². The highest BCUT2D eigenvalue weighted by Crippen LogP contribution is 2.54. The van der Waals surface area contributed by atoms with Gasteiger partial charge in [-0.2, -0.15) is 0 Å². The molecule has 0 fully saturated rings. The van der Waals surface area contributed by atoms with Crippen LogP contribution in [-0.2, 0) is 6.42 Å². The van der Waals surface area contributed by atoms with Crippen LogP contribution in [0.1, 0.15) is 54.5 Å². The molecule has 7 unspecified atom stereocenters. The minimum atomic E-state index is 0.304. The van der Waals surface area contributed by atoms with Gasteiger partial charge in [0.2, 0.25) is 0 Å². The number of allylic oxidation sites excluding steroid dienone is 11. The molecule has 7 atom stereocenters. The third kappa shape index (κ3) is 5.97. The van der Waals surface area contributed by atoms with Crippen LogP contribution in [0, 0.1) is 29.6 Å². The topological polar surface area (TPSA) is 3.24 Å². The number of rotatable bonds is 6.